The summed E-state index contributed by atoms with van der Waals surface area (Å²) >= 11 is 1.67. The molecule has 0 aromatic rings. The van der Waals surface area contributed by atoms with Crippen molar-refractivity contribution in [1.29, 1.82) is 0 Å². The SMILES string of the molecule is CCCC[C]([Sn+3])=C(CCCC)CCCC. The van der Waals surface area contributed by atoms with E-state index in [2.05, 4.69) is 20.8 Å². The number of hydrogen-bond donors (Lipinski definition) is 0. The van der Waals surface area contributed by atoms with E-state index >= 15 is 0 Å². The molecule has 0 aliphatic rings. The number of allylic oxidation sites excluding steroid dienone is 2. The Kier molecular flexibility index (Phi) is 11.4. The van der Waals surface area contributed by atoms with Gasteiger partial charge in [-0.3, -0.25) is 0 Å². The van der Waals surface area contributed by atoms with Crippen molar-refractivity contribution in [2.75, 3.05) is 0 Å². The van der Waals surface area contributed by atoms with E-state index < -0.39 is 0 Å². The van der Waals surface area contributed by atoms with Gasteiger partial charge in [-0.15, -0.1) is 0 Å². The molecule has 0 amide bonds. The van der Waals surface area contributed by atoms with E-state index in [0.29, 0.717) is 0 Å². The Bertz CT molecular complexity index is 160. The molecular formula is C14H27Sn+3. The van der Waals surface area contributed by atoms with Crippen molar-refractivity contribution in [1.82, 2.24) is 0 Å². The van der Waals surface area contributed by atoms with Crippen molar-refractivity contribution < 1.29 is 0 Å². The summed E-state index contributed by atoms with van der Waals surface area (Å²) in [5.74, 6) is 0. The van der Waals surface area contributed by atoms with Gasteiger partial charge in [-0.05, 0) is 0 Å². The minimum absolute atomic E-state index is 1.34. The van der Waals surface area contributed by atoms with Crippen LogP contribution in [0.15, 0.2) is 9.16 Å². The second-order valence-corrected chi connectivity index (χ2v) is 6.12. The van der Waals surface area contributed by atoms with Gasteiger partial charge in [0.25, 0.3) is 0 Å². The van der Waals surface area contributed by atoms with Gasteiger partial charge in [-0.1, -0.05) is 0 Å². The molecule has 0 nitrogen and oxygen atoms in total. The molecule has 0 aromatic heterocycles. The molecule has 0 saturated heterocycles. The first-order valence-electron chi connectivity index (χ1n) is 6.68. The van der Waals surface area contributed by atoms with E-state index in [1.807, 2.05) is 5.57 Å². The Morgan fingerprint density at radius 2 is 1.13 bits per heavy atom. The maximum atomic E-state index is 2.30. The van der Waals surface area contributed by atoms with E-state index in [4.69, 9.17) is 0 Å². The fourth-order valence-corrected chi connectivity index (χ4v) is 2.96. The summed E-state index contributed by atoms with van der Waals surface area (Å²) in [5.41, 5.74) is 1.81. The number of rotatable bonds is 9. The third kappa shape index (κ3) is 8.36. The van der Waals surface area contributed by atoms with Crippen LogP contribution in [0.3, 0.4) is 0 Å². The van der Waals surface area contributed by atoms with Gasteiger partial charge in [0, 0.05) is 0 Å². The van der Waals surface area contributed by atoms with E-state index in [9.17, 15) is 0 Å². The standard InChI is InChI=1S/C14H27.Sn/c1-4-7-10-13-14(11-8-5-2)12-9-6-3;/h4-12H2,1-3H3;/q;+3. The second-order valence-electron chi connectivity index (χ2n) is 4.39. The van der Waals surface area contributed by atoms with E-state index in [1.165, 1.54) is 57.8 Å². The fraction of sp³-hybridized carbons (Fsp3) is 0.857. The summed E-state index contributed by atoms with van der Waals surface area (Å²) in [5, 5.41) is 0. The van der Waals surface area contributed by atoms with Crippen molar-refractivity contribution in [3.63, 3.8) is 0 Å². The van der Waals surface area contributed by atoms with Crippen molar-refractivity contribution in [2.45, 2.75) is 78.6 Å². The van der Waals surface area contributed by atoms with Crippen LogP contribution in [-0.2, 0) is 0 Å². The first-order valence-corrected chi connectivity index (χ1v) is 8.11. The molecule has 0 bridgehead atoms. The Balaban J connectivity index is 4.14. The molecule has 15 heavy (non-hydrogen) atoms. The predicted molar refractivity (Wildman–Crippen MR) is 71.4 cm³/mol. The van der Waals surface area contributed by atoms with Crippen molar-refractivity contribution >= 4 is 22.5 Å². The Hall–Kier alpha value is 0.539. The van der Waals surface area contributed by atoms with Crippen LogP contribution in [0.4, 0.5) is 0 Å². The fourth-order valence-electron chi connectivity index (χ4n) is 1.74. The summed E-state index contributed by atoms with van der Waals surface area (Å²) in [4.78, 5) is 0. The van der Waals surface area contributed by atoms with Crippen LogP contribution in [0.1, 0.15) is 78.6 Å². The molecule has 0 aromatic carbocycles. The zero-order valence-electron chi connectivity index (χ0n) is 10.9. The predicted octanol–water partition coefficient (Wildman–Crippen LogP) is 4.98. The van der Waals surface area contributed by atoms with Crippen LogP contribution in [0, 0.1) is 0 Å². The average molecular weight is 314 g/mol. The van der Waals surface area contributed by atoms with Crippen molar-refractivity contribution in [3.05, 3.63) is 9.16 Å². The van der Waals surface area contributed by atoms with Gasteiger partial charge in [-0.2, -0.15) is 0 Å². The molecule has 0 saturated carbocycles. The molecule has 0 heterocycles. The summed E-state index contributed by atoms with van der Waals surface area (Å²) in [7, 11) is 0. The molecule has 84 valence electrons. The third-order valence-corrected chi connectivity index (χ3v) is 4.59. The van der Waals surface area contributed by atoms with Gasteiger partial charge in [0.1, 0.15) is 0 Å². The zero-order chi connectivity index (χ0) is 11.5. The van der Waals surface area contributed by atoms with Crippen LogP contribution < -0.4 is 0 Å². The molecule has 0 N–H and O–H groups in total. The van der Waals surface area contributed by atoms with Crippen LogP contribution >= 0.6 is 0 Å². The molecule has 0 rings (SSSR count). The van der Waals surface area contributed by atoms with Gasteiger partial charge in [0.2, 0.25) is 0 Å². The molecule has 0 aliphatic heterocycles. The summed E-state index contributed by atoms with van der Waals surface area (Å²) in [6.45, 7) is 6.89. The summed E-state index contributed by atoms with van der Waals surface area (Å²) in [6.07, 6.45) is 12.3. The van der Waals surface area contributed by atoms with Crippen LogP contribution in [0.25, 0.3) is 0 Å². The third-order valence-electron chi connectivity index (χ3n) is 2.87. The number of hydrogen-bond acceptors (Lipinski definition) is 0. The van der Waals surface area contributed by atoms with Gasteiger partial charge < -0.3 is 0 Å². The zero-order valence-corrected chi connectivity index (χ0v) is 13.7. The normalized spacial score (nSPS) is 10.5. The molecular weight excluding hydrogens is 287 g/mol. The van der Waals surface area contributed by atoms with Crippen LogP contribution in [0.2, 0.25) is 0 Å². The van der Waals surface area contributed by atoms with Crippen molar-refractivity contribution in [2.24, 2.45) is 0 Å². The Morgan fingerprint density at radius 3 is 1.53 bits per heavy atom. The number of unbranched alkanes of at least 4 members (excludes halogenated alkanes) is 3. The first kappa shape index (κ1) is 15.5. The van der Waals surface area contributed by atoms with E-state index in [1.54, 1.807) is 26.1 Å². The summed E-state index contributed by atoms with van der Waals surface area (Å²) in [6, 6.07) is 0. The van der Waals surface area contributed by atoms with Crippen LogP contribution in [0.5, 0.6) is 0 Å². The molecule has 0 unspecified atom stereocenters. The van der Waals surface area contributed by atoms with Crippen LogP contribution in [-0.4, -0.2) is 22.5 Å². The first-order chi connectivity index (χ1) is 7.26. The maximum absolute atomic E-state index is 2.30. The Labute approximate surface area is 110 Å². The molecule has 0 atom stereocenters. The molecule has 0 spiro atoms. The quantitative estimate of drug-likeness (QED) is 0.527. The minimum atomic E-state index is 1.34. The molecule has 0 fully saturated rings. The van der Waals surface area contributed by atoms with E-state index in [-0.39, 0.29) is 0 Å². The topological polar surface area (TPSA) is 0 Å². The van der Waals surface area contributed by atoms with E-state index in [0.717, 1.165) is 0 Å². The average Bonchev–Trinajstić information content (AvgIpc) is 2.26. The Morgan fingerprint density at radius 1 is 0.733 bits per heavy atom. The second kappa shape index (κ2) is 11.0. The molecule has 0 aliphatic carbocycles. The van der Waals surface area contributed by atoms with Crippen molar-refractivity contribution in [3.8, 4) is 0 Å². The molecule has 0 radical (unpaired) electrons. The molecule has 1 heteroatoms. The van der Waals surface area contributed by atoms with Gasteiger partial charge in [-0.25, -0.2) is 0 Å². The van der Waals surface area contributed by atoms with Gasteiger partial charge in [0.05, 0.1) is 0 Å². The van der Waals surface area contributed by atoms with Gasteiger partial charge >= 0.3 is 110 Å². The summed E-state index contributed by atoms with van der Waals surface area (Å²) < 4.78 is 1.78. The van der Waals surface area contributed by atoms with Gasteiger partial charge in [0.15, 0.2) is 0 Å². The monoisotopic (exact) mass is 315 g/mol.